The van der Waals surface area contributed by atoms with Crippen LogP contribution in [0.15, 0.2) is 12.2 Å². The molecule has 2 heteroatoms. The average Bonchev–Trinajstić information content (AvgIpc) is 2.11. The normalized spacial score (nSPS) is 9.77. The fourth-order valence-corrected chi connectivity index (χ4v) is 1.23. The SMILES string of the molecule is C=C(C)C(=O)N(CC)CCCCC. The molecule has 0 aromatic carbocycles. The summed E-state index contributed by atoms with van der Waals surface area (Å²) in [5.74, 6) is 0.0959. The number of nitrogens with zero attached hydrogens (tertiary/aromatic N) is 1. The molecule has 0 heterocycles. The van der Waals surface area contributed by atoms with E-state index in [0.717, 1.165) is 19.5 Å². The molecule has 0 rings (SSSR count). The maximum Gasteiger partial charge on any atom is 0.248 e. The van der Waals surface area contributed by atoms with Crippen LogP contribution < -0.4 is 0 Å². The first-order valence-electron chi connectivity index (χ1n) is 5.08. The first-order chi connectivity index (χ1) is 6.13. The van der Waals surface area contributed by atoms with Crippen LogP contribution in [0.5, 0.6) is 0 Å². The van der Waals surface area contributed by atoms with Gasteiger partial charge in [-0.05, 0) is 20.3 Å². The Bertz CT molecular complexity index is 175. The predicted octanol–water partition coefficient (Wildman–Crippen LogP) is 2.60. The van der Waals surface area contributed by atoms with Gasteiger partial charge in [0, 0.05) is 18.7 Å². The molecule has 0 saturated carbocycles. The van der Waals surface area contributed by atoms with Crippen LogP contribution in [0.1, 0.15) is 40.0 Å². The van der Waals surface area contributed by atoms with E-state index in [-0.39, 0.29) is 5.91 Å². The van der Waals surface area contributed by atoms with Crippen molar-refractivity contribution in [1.82, 2.24) is 4.90 Å². The number of carbonyl (C=O) groups is 1. The van der Waals surface area contributed by atoms with Crippen molar-refractivity contribution < 1.29 is 4.79 Å². The molecule has 0 aromatic heterocycles. The van der Waals surface area contributed by atoms with Gasteiger partial charge in [-0.15, -0.1) is 0 Å². The molecule has 2 nitrogen and oxygen atoms in total. The third kappa shape index (κ3) is 4.71. The standard InChI is InChI=1S/C11H21NO/c1-5-7-8-9-12(6-2)11(13)10(3)4/h3,5-9H2,1-2,4H3. The smallest absolute Gasteiger partial charge is 0.248 e. The minimum atomic E-state index is 0.0959. The van der Waals surface area contributed by atoms with Crippen molar-refractivity contribution in [2.45, 2.75) is 40.0 Å². The van der Waals surface area contributed by atoms with E-state index in [1.54, 1.807) is 6.92 Å². The highest BCUT2D eigenvalue weighted by Crippen LogP contribution is 2.02. The zero-order chi connectivity index (χ0) is 10.3. The molecule has 0 atom stereocenters. The van der Waals surface area contributed by atoms with Crippen LogP contribution in [0.25, 0.3) is 0 Å². The van der Waals surface area contributed by atoms with Gasteiger partial charge in [-0.25, -0.2) is 0 Å². The van der Waals surface area contributed by atoms with E-state index in [0.29, 0.717) is 5.57 Å². The minimum absolute atomic E-state index is 0.0959. The van der Waals surface area contributed by atoms with E-state index in [2.05, 4.69) is 13.5 Å². The molecule has 0 radical (unpaired) electrons. The third-order valence-electron chi connectivity index (χ3n) is 2.07. The van der Waals surface area contributed by atoms with Crippen molar-refractivity contribution >= 4 is 5.91 Å². The van der Waals surface area contributed by atoms with Crippen LogP contribution in [0.2, 0.25) is 0 Å². The van der Waals surface area contributed by atoms with Gasteiger partial charge in [0.1, 0.15) is 0 Å². The number of rotatable bonds is 6. The Morgan fingerprint density at radius 3 is 2.31 bits per heavy atom. The zero-order valence-electron chi connectivity index (χ0n) is 9.10. The van der Waals surface area contributed by atoms with Crippen molar-refractivity contribution in [1.29, 1.82) is 0 Å². The van der Waals surface area contributed by atoms with E-state index < -0.39 is 0 Å². The third-order valence-corrected chi connectivity index (χ3v) is 2.07. The Morgan fingerprint density at radius 1 is 1.31 bits per heavy atom. The molecule has 0 saturated heterocycles. The van der Waals surface area contributed by atoms with Gasteiger partial charge >= 0.3 is 0 Å². The monoisotopic (exact) mass is 183 g/mol. The van der Waals surface area contributed by atoms with Crippen LogP contribution in [-0.2, 0) is 4.79 Å². The topological polar surface area (TPSA) is 20.3 Å². The Morgan fingerprint density at radius 2 is 1.92 bits per heavy atom. The first kappa shape index (κ1) is 12.2. The molecule has 0 aromatic rings. The predicted molar refractivity (Wildman–Crippen MR) is 56.6 cm³/mol. The summed E-state index contributed by atoms with van der Waals surface area (Å²) in [5, 5.41) is 0. The summed E-state index contributed by atoms with van der Waals surface area (Å²) in [6.45, 7) is 11.3. The molecule has 0 N–H and O–H groups in total. The highest BCUT2D eigenvalue weighted by molar-refractivity contribution is 5.92. The lowest BCUT2D eigenvalue weighted by Crippen LogP contribution is -2.32. The Labute approximate surface area is 81.6 Å². The molecule has 0 unspecified atom stereocenters. The molecule has 1 amide bonds. The zero-order valence-corrected chi connectivity index (χ0v) is 9.10. The molecule has 0 spiro atoms. The van der Waals surface area contributed by atoms with Crippen molar-refractivity contribution in [2.75, 3.05) is 13.1 Å². The second-order valence-electron chi connectivity index (χ2n) is 3.37. The van der Waals surface area contributed by atoms with E-state index in [4.69, 9.17) is 0 Å². The molecular formula is C11H21NO. The quantitative estimate of drug-likeness (QED) is 0.458. The van der Waals surface area contributed by atoms with Gasteiger partial charge in [0.25, 0.3) is 0 Å². The van der Waals surface area contributed by atoms with Gasteiger partial charge in [-0.2, -0.15) is 0 Å². The average molecular weight is 183 g/mol. The largest absolute Gasteiger partial charge is 0.339 e. The second kappa shape index (κ2) is 6.70. The molecule has 0 aliphatic rings. The second-order valence-corrected chi connectivity index (χ2v) is 3.37. The summed E-state index contributed by atoms with van der Waals surface area (Å²) in [7, 11) is 0. The molecule has 0 bridgehead atoms. The fraction of sp³-hybridized carbons (Fsp3) is 0.727. The van der Waals surface area contributed by atoms with E-state index in [1.165, 1.54) is 12.8 Å². The van der Waals surface area contributed by atoms with Crippen molar-refractivity contribution in [3.05, 3.63) is 12.2 Å². The van der Waals surface area contributed by atoms with Crippen molar-refractivity contribution in [3.8, 4) is 0 Å². The molecule has 13 heavy (non-hydrogen) atoms. The lowest BCUT2D eigenvalue weighted by molar-refractivity contribution is -0.126. The number of carbonyl (C=O) groups excluding carboxylic acids is 1. The number of unbranched alkanes of at least 4 members (excludes halogenated alkanes) is 2. The van der Waals surface area contributed by atoms with Gasteiger partial charge in [0.05, 0.1) is 0 Å². The highest BCUT2D eigenvalue weighted by atomic mass is 16.2. The molecule has 76 valence electrons. The molecular weight excluding hydrogens is 162 g/mol. The van der Waals surface area contributed by atoms with Crippen molar-refractivity contribution in [2.24, 2.45) is 0 Å². The lowest BCUT2D eigenvalue weighted by Gasteiger charge is -2.20. The summed E-state index contributed by atoms with van der Waals surface area (Å²) in [6, 6.07) is 0. The van der Waals surface area contributed by atoms with E-state index in [9.17, 15) is 4.79 Å². The molecule has 0 aliphatic carbocycles. The number of hydrogen-bond donors (Lipinski definition) is 0. The first-order valence-corrected chi connectivity index (χ1v) is 5.08. The van der Waals surface area contributed by atoms with Crippen LogP contribution in [0.3, 0.4) is 0 Å². The maximum absolute atomic E-state index is 11.5. The summed E-state index contributed by atoms with van der Waals surface area (Å²) in [6.07, 6.45) is 3.49. The van der Waals surface area contributed by atoms with Crippen LogP contribution in [0, 0.1) is 0 Å². The van der Waals surface area contributed by atoms with Gasteiger partial charge in [0.2, 0.25) is 5.91 Å². The van der Waals surface area contributed by atoms with Crippen LogP contribution in [0.4, 0.5) is 0 Å². The van der Waals surface area contributed by atoms with Gasteiger partial charge in [-0.3, -0.25) is 4.79 Å². The van der Waals surface area contributed by atoms with E-state index in [1.807, 2.05) is 11.8 Å². The maximum atomic E-state index is 11.5. The van der Waals surface area contributed by atoms with Crippen LogP contribution in [-0.4, -0.2) is 23.9 Å². The molecule has 0 aliphatic heterocycles. The van der Waals surface area contributed by atoms with Gasteiger partial charge in [-0.1, -0.05) is 26.3 Å². The Balaban J connectivity index is 3.88. The Kier molecular flexibility index (Phi) is 6.29. The fourth-order valence-electron chi connectivity index (χ4n) is 1.23. The summed E-state index contributed by atoms with van der Waals surface area (Å²) < 4.78 is 0. The number of amides is 1. The van der Waals surface area contributed by atoms with Crippen LogP contribution >= 0.6 is 0 Å². The van der Waals surface area contributed by atoms with Gasteiger partial charge < -0.3 is 4.90 Å². The van der Waals surface area contributed by atoms with Crippen molar-refractivity contribution in [3.63, 3.8) is 0 Å². The lowest BCUT2D eigenvalue weighted by atomic mass is 10.2. The Hall–Kier alpha value is -0.790. The number of likely N-dealkylation sites (N-methyl/N-ethyl adjacent to an activating group) is 1. The van der Waals surface area contributed by atoms with E-state index >= 15 is 0 Å². The molecule has 0 fully saturated rings. The number of hydrogen-bond acceptors (Lipinski definition) is 1. The summed E-state index contributed by atoms with van der Waals surface area (Å²) in [5.41, 5.74) is 0.637. The highest BCUT2D eigenvalue weighted by Gasteiger charge is 2.10. The van der Waals surface area contributed by atoms with Gasteiger partial charge in [0.15, 0.2) is 0 Å². The minimum Gasteiger partial charge on any atom is -0.339 e. The summed E-state index contributed by atoms with van der Waals surface area (Å²) >= 11 is 0. The summed E-state index contributed by atoms with van der Waals surface area (Å²) in [4.78, 5) is 13.4.